The van der Waals surface area contributed by atoms with Crippen molar-refractivity contribution in [1.29, 1.82) is 0 Å². The van der Waals surface area contributed by atoms with Gasteiger partial charge in [0.05, 0.1) is 11.6 Å². The number of carbonyl (C=O) groups is 1. The molecule has 1 aliphatic heterocycles. The van der Waals surface area contributed by atoms with Gasteiger partial charge >= 0.3 is 0 Å². The van der Waals surface area contributed by atoms with E-state index in [1.165, 1.54) is 11.3 Å². The number of amides is 1. The van der Waals surface area contributed by atoms with E-state index in [1.54, 1.807) is 18.6 Å². The molecule has 110 valence electrons. The normalized spacial score (nSPS) is 18.1. The number of hydrogen-bond acceptors (Lipinski definition) is 5. The minimum atomic E-state index is 0.117. The van der Waals surface area contributed by atoms with Gasteiger partial charge in [-0.25, -0.2) is 4.98 Å². The Morgan fingerprint density at radius 3 is 3.14 bits per heavy atom. The second-order valence-corrected chi connectivity index (χ2v) is 7.20. The standard InChI is InChI=1S/C15H17N3OS2/c1-2-4-13-18(7-8-20-13)15(19)12-10-17-14(21-12)11-5-3-6-16-9-11/h3,5-6,9-10,13H,2,4,7-8H2,1H3. The third kappa shape index (κ3) is 3.11. The molecular weight excluding hydrogens is 302 g/mol. The zero-order valence-electron chi connectivity index (χ0n) is 11.9. The van der Waals surface area contributed by atoms with Crippen LogP contribution in [0.15, 0.2) is 30.7 Å². The van der Waals surface area contributed by atoms with Gasteiger partial charge in [0.25, 0.3) is 5.91 Å². The van der Waals surface area contributed by atoms with E-state index in [-0.39, 0.29) is 5.91 Å². The zero-order chi connectivity index (χ0) is 14.7. The summed E-state index contributed by atoms with van der Waals surface area (Å²) in [6.07, 6.45) is 7.37. The van der Waals surface area contributed by atoms with Crippen LogP contribution in [0, 0.1) is 0 Å². The highest BCUT2D eigenvalue weighted by molar-refractivity contribution is 8.00. The van der Waals surface area contributed by atoms with E-state index in [2.05, 4.69) is 16.9 Å². The molecule has 1 aliphatic rings. The molecular formula is C15H17N3OS2. The maximum absolute atomic E-state index is 12.6. The molecule has 6 heteroatoms. The number of rotatable bonds is 4. The van der Waals surface area contributed by atoms with E-state index in [4.69, 9.17) is 0 Å². The summed E-state index contributed by atoms with van der Waals surface area (Å²) >= 11 is 3.33. The average molecular weight is 319 g/mol. The molecule has 1 amide bonds. The summed E-state index contributed by atoms with van der Waals surface area (Å²) in [4.78, 5) is 23.8. The molecule has 0 bridgehead atoms. The van der Waals surface area contributed by atoms with Gasteiger partial charge in [-0.15, -0.1) is 23.1 Å². The maximum atomic E-state index is 12.6. The van der Waals surface area contributed by atoms with E-state index in [0.717, 1.165) is 40.6 Å². The third-order valence-electron chi connectivity index (χ3n) is 3.41. The molecule has 0 aromatic carbocycles. The largest absolute Gasteiger partial charge is 0.325 e. The number of hydrogen-bond donors (Lipinski definition) is 0. The van der Waals surface area contributed by atoms with Gasteiger partial charge in [0.1, 0.15) is 9.88 Å². The quantitative estimate of drug-likeness (QED) is 0.865. The van der Waals surface area contributed by atoms with E-state index >= 15 is 0 Å². The van der Waals surface area contributed by atoms with Crippen molar-refractivity contribution < 1.29 is 4.79 Å². The van der Waals surface area contributed by atoms with Gasteiger partial charge in [-0.3, -0.25) is 9.78 Å². The molecule has 4 nitrogen and oxygen atoms in total. The summed E-state index contributed by atoms with van der Waals surface area (Å²) < 4.78 is 0. The van der Waals surface area contributed by atoms with Crippen molar-refractivity contribution >= 4 is 29.0 Å². The fraction of sp³-hybridized carbons (Fsp3) is 0.400. The molecule has 1 fully saturated rings. The van der Waals surface area contributed by atoms with Crippen molar-refractivity contribution in [2.45, 2.75) is 25.1 Å². The zero-order valence-corrected chi connectivity index (χ0v) is 13.5. The minimum absolute atomic E-state index is 0.117. The Morgan fingerprint density at radius 1 is 1.48 bits per heavy atom. The van der Waals surface area contributed by atoms with Crippen LogP contribution < -0.4 is 0 Å². The minimum Gasteiger partial charge on any atom is -0.325 e. The third-order valence-corrected chi connectivity index (χ3v) is 5.74. The highest BCUT2D eigenvalue weighted by atomic mass is 32.2. The highest BCUT2D eigenvalue weighted by Crippen LogP contribution is 2.31. The lowest BCUT2D eigenvalue weighted by molar-refractivity contribution is 0.0761. The van der Waals surface area contributed by atoms with E-state index in [0.29, 0.717) is 5.37 Å². The van der Waals surface area contributed by atoms with Crippen LogP contribution in [-0.2, 0) is 0 Å². The average Bonchev–Trinajstić information content (AvgIpc) is 3.17. The Morgan fingerprint density at radius 2 is 2.38 bits per heavy atom. The molecule has 0 N–H and O–H groups in total. The van der Waals surface area contributed by atoms with E-state index in [1.807, 2.05) is 28.8 Å². The number of nitrogens with zero attached hydrogens (tertiary/aromatic N) is 3. The molecule has 1 atom stereocenters. The highest BCUT2D eigenvalue weighted by Gasteiger charge is 2.30. The number of aromatic nitrogens is 2. The van der Waals surface area contributed by atoms with Crippen molar-refractivity contribution in [2.24, 2.45) is 0 Å². The second-order valence-electron chi connectivity index (χ2n) is 4.88. The first-order valence-corrected chi connectivity index (χ1v) is 8.95. The van der Waals surface area contributed by atoms with Crippen molar-refractivity contribution in [3.05, 3.63) is 35.6 Å². The summed E-state index contributed by atoms with van der Waals surface area (Å²) in [6, 6.07) is 3.85. The van der Waals surface area contributed by atoms with Crippen LogP contribution in [-0.4, -0.2) is 38.4 Å². The molecule has 0 spiro atoms. The van der Waals surface area contributed by atoms with Crippen LogP contribution in [0.25, 0.3) is 10.6 Å². The van der Waals surface area contributed by atoms with Crippen LogP contribution in [0.3, 0.4) is 0 Å². The predicted molar refractivity (Wildman–Crippen MR) is 87.5 cm³/mol. The number of thiazole rings is 1. The number of carbonyl (C=O) groups excluding carboxylic acids is 1. The summed E-state index contributed by atoms with van der Waals surface area (Å²) in [5.41, 5.74) is 0.961. The van der Waals surface area contributed by atoms with Crippen LogP contribution in [0.5, 0.6) is 0 Å². The summed E-state index contributed by atoms with van der Waals surface area (Å²) in [7, 11) is 0. The lowest BCUT2D eigenvalue weighted by Crippen LogP contribution is -2.34. The molecule has 3 rings (SSSR count). The number of thioether (sulfide) groups is 1. The van der Waals surface area contributed by atoms with Crippen LogP contribution >= 0.6 is 23.1 Å². The van der Waals surface area contributed by atoms with E-state index < -0.39 is 0 Å². The topological polar surface area (TPSA) is 46.1 Å². The van der Waals surface area contributed by atoms with Gasteiger partial charge in [-0.2, -0.15) is 0 Å². The maximum Gasteiger partial charge on any atom is 0.266 e. The van der Waals surface area contributed by atoms with Crippen LogP contribution in [0.1, 0.15) is 29.4 Å². The molecule has 0 saturated carbocycles. The van der Waals surface area contributed by atoms with Gasteiger partial charge in [-0.1, -0.05) is 13.3 Å². The molecule has 2 aromatic heterocycles. The van der Waals surface area contributed by atoms with E-state index in [9.17, 15) is 4.79 Å². The lowest BCUT2D eigenvalue weighted by Gasteiger charge is -2.22. The van der Waals surface area contributed by atoms with Gasteiger partial charge < -0.3 is 4.90 Å². The van der Waals surface area contributed by atoms with Crippen molar-refractivity contribution in [2.75, 3.05) is 12.3 Å². The molecule has 3 heterocycles. The lowest BCUT2D eigenvalue weighted by atomic mass is 10.3. The van der Waals surface area contributed by atoms with Crippen LogP contribution in [0.4, 0.5) is 0 Å². The Kier molecular flexibility index (Phi) is 4.55. The first kappa shape index (κ1) is 14.5. The Labute approximate surface area is 132 Å². The molecule has 2 aromatic rings. The SMILES string of the molecule is CCCC1SCCN1C(=O)c1cnc(-c2cccnc2)s1. The fourth-order valence-corrected chi connectivity index (χ4v) is 4.60. The first-order chi connectivity index (χ1) is 10.3. The molecule has 0 aliphatic carbocycles. The second kappa shape index (κ2) is 6.58. The molecule has 1 saturated heterocycles. The molecule has 0 radical (unpaired) electrons. The van der Waals surface area contributed by atoms with Gasteiger partial charge in [0, 0.05) is 30.3 Å². The fourth-order valence-electron chi connectivity index (χ4n) is 2.38. The van der Waals surface area contributed by atoms with Gasteiger partial charge in [-0.05, 0) is 18.6 Å². The van der Waals surface area contributed by atoms with Gasteiger partial charge in [0.15, 0.2) is 0 Å². The number of pyridine rings is 1. The smallest absolute Gasteiger partial charge is 0.266 e. The van der Waals surface area contributed by atoms with Crippen LogP contribution in [0.2, 0.25) is 0 Å². The molecule has 1 unspecified atom stereocenters. The Hall–Kier alpha value is -1.40. The summed E-state index contributed by atoms with van der Waals surface area (Å²) in [6.45, 7) is 3.00. The van der Waals surface area contributed by atoms with Crippen molar-refractivity contribution in [1.82, 2.24) is 14.9 Å². The Balaban J connectivity index is 1.78. The summed E-state index contributed by atoms with van der Waals surface area (Å²) in [5, 5.41) is 1.18. The van der Waals surface area contributed by atoms with Crippen molar-refractivity contribution in [3.8, 4) is 10.6 Å². The first-order valence-electron chi connectivity index (χ1n) is 7.08. The van der Waals surface area contributed by atoms with Gasteiger partial charge in [0.2, 0.25) is 0 Å². The Bertz CT molecular complexity index is 614. The monoisotopic (exact) mass is 319 g/mol. The van der Waals surface area contributed by atoms with Crippen molar-refractivity contribution in [3.63, 3.8) is 0 Å². The molecule has 21 heavy (non-hydrogen) atoms. The predicted octanol–water partition coefficient (Wildman–Crippen LogP) is 3.52. The summed E-state index contributed by atoms with van der Waals surface area (Å²) in [5.74, 6) is 1.15.